The number of sulfonamides is 1. The molecule has 2 N–H and O–H groups in total. The zero-order valence-corrected chi connectivity index (χ0v) is 21.0. The predicted octanol–water partition coefficient (Wildman–Crippen LogP) is 3.73. The second-order valence-electron chi connectivity index (χ2n) is 8.32. The lowest BCUT2D eigenvalue weighted by Crippen LogP contribution is -2.45. The first-order chi connectivity index (χ1) is 16.9. The van der Waals surface area contributed by atoms with E-state index >= 15 is 0 Å². The van der Waals surface area contributed by atoms with Gasteiger partial charge in [-0.25, -0.2) is 13.4 Å². The molecule has 4 aromatic rings. The Morgan fingerprint density at radius 3 is 2.60 bits per heavy atom. The van der Waals surface area contributed by atoms with Gasteiger partial charge in [0.05, 0.1) is 4.90 Å². The second-order valence-corrected chi connectivity index (χ2v) is 11.2. The minimum atomic E-state index is -3.71. The molecule has 1 saturated heterocycles. The van der Waals surface area contributed by atoms with Crippen molar-refractivity contribution < 1.29 is 13.2 Å². The number of hydrogen-bond donors (Lipinski definition) is 2. The Balaban J connectivity index is 1.14. The summed E-state index contributed by atoms with van der Waals surface area (Å²) < 4.78 is 33.1. The molecular weight excluding hydrogens is 508 g/mol. The van der Waals surface area contributed by atoms with Crippen LogP contribution in [-0.4, -0.2) is 47.4 Å². The van der Waals surface area contributed by atoms with Gasteiger partial charge in [0.15, 0.2) is 0 Å². The lowest BCUT2D eigenvalue weighted by molar-refractivity contribution is -0.122. The molecule has 9 nitrogen and oxygen atoms in total. The van der Waals surface area contributed by atoms with Crippen LogP contribution in [0, 0.1) is 0 Å². The summed E-state index contributed by atoms with van der Waals surface area (Å²) in [6, 6.07) is 14.5. The van der Waals surface area contributed by atoms with Gasteiger partial charge in [0.25, 0.3) is 10.0 Å². The molecule has 0 radical (unpaired) electrons. The third-order valence-electron chi connectivity index (χ3n) is 6.01. The maximum atomic E-state index is 12.7. The first-order valence-corrected chi connectivity index (χ1v) is 13.7. The number of hydrogen-bond acceptors (Lipinski definition) is 7. The Kier molecular flexibility index (Phi) is 6.63. The Bertz CT molecular complexity index is 1430. The van der Waals surface area contributed by atoms with Crippen LogP contribution in [0.4, 0.5) is 10.8 Å². The number of benzene rings is 2. The molecule has 1 aliphatic heterocycles. The van der Waals surface area contributed by atoms with Gasteiger partial charge in [-0.2, -0.15) is 4.37 Å². The molecule has 0 aliphatic carbocycles. The Hall–Kier alpha value is -3.15. The number of aromatic nitrogens is 3. The Labute approximate surface area is 212 Å². The fourth-order valence-corrected chi connectivity index (χ4v) is 6.06. The van der Waals surface area contributed by atoms with Crippen molar-refractivity contribution in [1.29, 1.82) is 0 Å². The van der Waals surface area contributed by atoms with Gasteiger partial charge in [-0.15, -0.1) is 0 Å². The number of nitrogens with one attached hydrogen (secondary N) is 2. The Morgan fingerprint density at radius 1 is 1.11 bits per heavy atom. The van der Waals surface area contributed by atoms with Crippen LogP contribution in [0.25, 0.3) is 10.9 Å². The lowest BCUT2D eigenvalue weighted by Gasteiger charge is -2.34. The summed E-state index contributed by atoms with van der Waals surface area (Å²) in [5, 5.41) is 5.06. The van der Waals surface area contributed by atoms with Gasteiger partial charge in [0.1, 0.15) is 12.9 Å². The summed E-state index contributed by atoms with van der Waals surface area (Å²) >= 11 is 7.09. The molecule has 0 atom stereocenters. The van der Waals surface area contributed by atoms with Crippen molar-refractivity contribution in [3.05, 3.63) is 66.1 Å². The maximum Gasteiger partial charge on any atom is 0.263 e. The molecule has 1 amide bonds. The molecule has 0 bridgehead atoms. The van der Waals surface area contributed by atoms with Crippen LogP contribution in [0.1, 0.15) is 12.8 Å². The fourth-order valence-electron chi connectivity index (χ4n) is 4.23. The number of anilines is 2. The number of nitrogens with zero attached hydrogens (tertiary/aromatic N) is 4. The van der Waals surface area contributed by atoms with Gasteiger partial charge in [0.2, 0.25) is 11.0 Å². The van der Waals surface area contributed by atoms with Crippen molar-refractivity contribution in [3.63, 3.8) is 0 Å². The van der Waals surface area contributed by atoms with Gasteiger partial charge in [-0.05, 0) is 60.7 Å². The van der Waals surface area contributed by atoms with Crippen LogP contribution in [0.3, 0.4) is 0 Å². The molecule has 2 aromatic carbocycles. The van der Waals surface area contributed by atoms with E-state index in [0.717, 1.165) is 54.1 Å². The Morgan fingerprint density at radius 2 is 1.89 bits per heavy atom. The molecule has 0 unspecified atom stereocenters. The fraction of sp³-hybridized carbons (Fsp3) is 0.261. The van der Waals surface area contributed by atoms with Crippen LogP contribution in [0.15, 0.2) is 66.0 Å². The molecule has 1 aliphatic rings. The zero-order chi connectivity index (χ0) is 24.4. The topological polar surface area (TPSA) is 109 Å². The van der Waals surface area contributed by atoms with E-state index in [4.69, 9.17) is 11.6 Å². The largest absolute Gasteiger partial charge is 0.371 e. The molecule has 0 spiro atoms. The highest BCUT2D eigenvalue weighted by atomic mass is 35.5. The number of carbonyl (C=O) groups is 1. The summed E-state index contributed by atoms with van der Waals surface area (Å²) in [7, 11) is -3.71. The van der Waals surface area contributed by atoms with E-state index in [1.165, 1.54) is 6.33 Å². The van der Waals surface area contributed by atoms with Crippen molar-refractivity contribution in [2.45, 2.75) is 30.3 Å². The average molecular weight is 531 g/mol. The van der Waals surface area contributed by atoms with E-state index in [2.05, 4.69) is 24.3 Å². The van der Waals surface area contributed by atoms with E-state index in [1.54, 1.807) is 24.3 Å². The first kappa shape index (κ1) is 23.6. The summed E-state index contributed by atoms with van der Waals surface area (Å²) in [5.74, 6) is -0.0292. The van der Waals surface area contributed by atoms with E-state index in [0.29, 0.717) is 5.02 Å². The lowest BCUT2D eigenvalue weighted by atomic mass is 10.0. The molecule has 5 rings (SSSR count). The number of fused-ring (bicyclic) bond motifs is 1. The molecule has 12 heteroatoms. The van der Waals surface area contributed by atoms with E-state index in [9.17, 15) is 13.2 Å². The normalized spacial score (nSPS) is 14.8. The van der Waals surface area contributed by atoms with Crippen LogP contribution in [0.5, 0.6) is 0 Å². The van der Waals surface area contributed by atoms with Gasteiger partial charge in [-0.1, -0.05) is 17.7 Å². The van der Waals surface area contributed by atoms with Gasteiger partial charge < -0.3 is 14.8 Å². The predicted molar refractivity (Wildman–Crippen MR) is 137 cm³/mol. The van der Waals surface area contributed by atoms with Crippen molar-refractivity contribution in [3.8, 4) is 0 Å². The number of carbonyl (C=O) groups excluding carboxylic acids is 1. The summed E-state index contributed by atoms with van der Waals surface area (Å²) in [6.45, 7) is 1.77. The number of halogens is 1. The summed E-state index contributed by atoms with van der Waals surface area (Å²) in [4.78, 5) is 18.9. The molecular formula is C23H23ClN6O3S2. The van der Waals surface area contributed by atoms with Gasteiger partial charge in [-0.3, -0.25) is 9.52 Å². The van der Waals surface area contributed by atoms with Crippen molar-refractivity contribution >= 4 is 60.8 Å². The molecule has 2 aromatic heterocycles. The van der Waals surface area contributed by atoms with Crippen molar-refractivity contribution in [1.82, 2.24) is 19.2 Å². The summed E-state index contributed by atoms with van der Waals surface area (Å²) in [6.07, 6.45) is 4.82. The van der Waals surface area contributed by atoms with E-state index in [1.807, 2.05) is 35.0 Å². The number of piperidine rings is 1. The molecule has 1 fully saturated rings. The molecule has 3 heterocycles. The highest BCUT2D eigenvalue weighted by molar-refractivity contribution is 7.93. The first-order valence-electron chi connectivity index (χ1n) is 11.1. The van der Waals surface area contributed by atoms with E-state index < -0.39 is 10.0 Å². The second kappa shape index (κ2) is 9.84. The van der Waals surface area contributed by atoms with Crippen LogP contribution < -0.4 is 14.9 Å². The quantitative estimate of drug-likeness (QED) is 0.377. The molecule has 0 saturated carbocycles. The van der Waals surface area contributed by atoms with Crippen LogP contribution in [0.2, 0.25) is 5.02 Å². The van der Waals surface area contributed by atoms with Crippen LogP contribution in [-0.2, 0) is 21.4 Å². The van der Waals surface area contributed by atoms with Gasteiger partial charge >= 0.3 is 0 Å². The third kappa shape index (κ3) is 5.42. The monoisotopic (exact) mass is 530 g/mol. The van der Waals surface area contributed by atoms with Crippen LogP contribution >= 0.6 is 23.1 Å². The smallest absolute Gasteiger partial charge is 0.263 e. The zero-order valence-electron chi connectivity index (χ0n) is 18.6. The molecule has 182 valence electrons. The highest BCUT2D eigenvalue weighted by Crippen LogP contribution is 2.24. The number of rotatable bonds is 7. The minimum absolute atomic E-state index is 0.0292. The maximum absolute atomic E-state index is 12.7. The van der Waals surface area contributed by atoms with Crippen molar-refractivity contribution in [2.75, 3.05) is 22.7 Å². The van der Waals surface area contributed by atoms with E-state index in [-0.39, 0.29) is 28.5 Å². The average Bonchev–Trinajstić information content (AvgIpc) is 3.49. The van der Waals surface area contributed by atoms with Gasteiger partial charge in [0, 0.05) is 53.1 Å². The molecule has 35 heavy (non-hydrogen) atoms. The van der Waals surface area contributed by atoms with Crippen molar-refractivity contribution in [2.24, 2.45) is 0 Å². The minimum Gasteiger partial charge on any atom is -0.371 e. The SMILES string of the molecule is O=C(Cn1ccc2ccc(Cl)cc21)NC1CCN(c2ccc(S(=O)(=O)Nc3ncns3)cc2)CC1. The standard InChI is InChI=1S/C23H23ClN6O3S2/c24-17-2-1-16-7-10-30(21(16)13-17)14-22(31)27-18-8-11-29(12-9-18)19-3-5-20(6-4-19)35(32,33)28-23-25-15-26-34-23/h1-7,10,13,15,18H,8-9,11-12,14H2,(H,27,31)(H,25,26,28). The number of amides is 1. The third-order valence-corrected chi connectivity index (χ3v) is 8.30. The summed E-state index contributed by atoms with van der Waals surface area (Å²) in [5.41, 5.74) is 1.88. The highest BCUT2D eigenvalue weighted by Gasteiger charge is 2.22.